The molecule has 7 heteroatoms. The van der Waals surface area contributed by atoms with Gasteiger partial charge in [-0.3, -0.25) is 4.90 Å². The molecule has 1 aromatic heterocycles. The van der Waals surface area contributed by atoms with Crippen LogP contribution >= 0.6 is 11.3 Å². The van der Waals surface area contributed by atoms with Gasteiger partial charge in [0.05, 0.1) is 4.90 Å². The third-order valence-electron chi connectivity index (χ3n) is 3.73. The van der Waals surface area contributed by atoms with Gasteiger partial charge in [-0.05, 0) is 47.7 Å². The fourth-order valence-electron chi connectivity index (χ4n) is 2.53. The van der Waals surface area contributed by atoms with E-state index in [0.717, 1.165) is 31.6 Å². The summed E-state index contributed by atoms with van der Waals surface area (Å²) in [7, 11) is -3.57. The first kappa shape index (κ1) is 15.6. The van der Waals surface area contributed by atoms with Gasteiger partial charge in [-0.1, -0.05) is 0 Å². The number of benzene rings is 1. The highest BCUT2D eigenvalue weighted by molar-refractivity contribution is 7.89. The number of hydrogen-bond acceptors (Lipinski definition) is 4. The molecule has 0 atom stereocenters. The minimum atomic E-state index is -3.57. The molecule has 0 bridgehead atoms. The molecule has 1 N–H and O–H groups in total. The normalized spacial score (nSPS) is 15.7. The second kappa shape index (κ2) is 6.45. The minimum absolute atomic E-state index is 0.0904. The maximum atomic E-state index is 12.8. The number of fused-ring (bicyclic) bond motifs is 1. The van der Waals surface area contributed by atoms with Crippen molar-refractivity contribution in [1.82, 2.24) is 9.62 Å². The number of hydrogen-bond donors (Lipinski definition) is 1. The van der Waals surface area contributed by atoms with Crippen LogP contribution in [0.5, 0.6) is 0 Å². The first-order chi connectivity index (χ1) is 10.5. The number of thiophene rings is 1. The molecular formula is C15H17FN2O2S2. The highest BCUT2D eigenvalue weighted by Crippen LogP contribution is 2.23. The molecule has 1 aliphatic heterocycles. The van der Waals surface area contributed by atoms with E-state index in [1.807, 2.05) is 0 Å². The van der Waals surface area contributed by atoms with Gasteiger partial charge in [0.1, 0.15) is 5.82 Å². The van der Waals surface area contributed by atoms with Crippen LogP contribution in [0.4, 0.5) is 4.39 Å². The first-order valence-electron chi connectivity index (χ1n) is 7.07. The Bertz CT molecular complexity index is 741. The lowest BCUT2D eigenvalue weighted by atomic mass is 10.1. The predicted octanol–water partition coefficient (Wildman–Crippen LogP) is 2.22. The van der Waals surface area contributed by atoms with Crippen LogP contribution in [0.3, 0.4) is 0 Å². The van der Waals surface area contributed by atoms with E-state index in [1.54, 1.807) is 11.3 Å². The van der Waals surface area contributed by atoms with E-state index in [4.69, 9.17) is 0 Å². The number of nitrogens with one attached hydrogen (secondary N) is 1. The first-order valence-corrected chi connectivity index (χ1v) is 9.44. The average molecular weight is 340 g/mol. The van der Waals surface area contributed by atoms with Crippen LogP contribution in [0.15, 0.2) is 40.6 Å². The summed E-state index contributed by atoms with van der Waals surface area (Å²) in [6.45, 7) is 2.83. The van der Waals surface area contributed by atoms with Crippen LogP contribution in [0.25, 0.3) is 0 Å². The fraction of sp³-hybridized carbons (Fsp3) is 0.333. The smallest absolute Gasteiger partial charge is 0.240 e. The highest BCUT2D eigenvalue weighted by Gasteiger charge is 2.18. The quantitative estimate of drug-likeness (QED) is 0.908. The maximum absolute atomic E-state index is 12.8. The van der Waals surface area contributed by atoms with Gasteiger partial charge in [0, 0.05) is 31.1 Å². The Hall–Kier alpha value is -1.28. The third kappa shape index (κ3) is 3.55. The second-order valence-corrected chi connectivity index (χ2v) is 8.01. The van der Waals surface area contributed by atoms with E-state index in [-0.39, 0.29) is 4.90 Å². The Morgan fingerprint density at radius 1 is 1.23 bits per heavy atom. The van der Waals surface area contributed by atoms with Crippen molar-refractivity contribution >= 4 is 21.4 Å². The monoisotopic (exact) mass is 340 g/mol. The molecule has 0 amide bonds. The molecule has 0 spiro atoms. The van der Waals surface area contributed by atoms with Gasteiger partial charge in [-0.25, -0.2) is 17.5 Å². The van der Waals surface area contributed by atoms with Crippen LogP contribution in [-0.2, 0) is 23.0 Å². The maximum Gasteiger partial charge on any atom is 0.240 e. The van der Waals surface area contributed by atoms with E-state index >= 15 is 0 Å². The van der Waals surface area contributed by atoms with Crippen molar-refractivity contribution < 1.29 is 12.8 Å². The third-order valence-corrected chi connectivity index (χ3v) is 6.23. The summed E-state index contributed by atoms with van der Waals surface area (Å²) in [5, 5.41) is 2.10. The molecule has 0 saturated carbocycles. The van der Waals surface area contributed by atoms with Crippen LogP contribution in [0, 0.1) is 5.82 Å². The van der Waals surface area contributed by atoms with Gasteiger partial charge in [-0.2, -0.15) is 0 Å². The second-order valence-electron chi connectivity index (χ2n) is 5.25. The van der Waals surface area contributed by atoms with E-state index in [9.17, 15) is 12.8 Å². The molecule has 0 radical (unpaired) electrons. The molecule has 0 fully saturated rings. The number of sulfonamides is 1. The molecule has 2 heterocycles. The zero-order chi connectivity index (χ0) is 15.6. The van der Waals surface area contributed by atoms with Crippen molar-refractivity contribution in [3.05, 3.63) is 52.0 Å². The Balaban J connectivity index is 1.54. The summed E-state index contributed by atoms with van der Waals surface area (Å²) in [6, 6.07) is 6.98. The molecule has 0 unspecified atom stereocenters. The average Bonchev–Trinajstić information content (AvgIpc) is 2.95. The highest BCUT2D eigenvalue weighted by atomic mass is 32.2. The van der Waals surface area contributed by atoms with Crippen LogP contribution in [0.1, 0.15) is 10.4 Å². The largest absolute Gasteiger partial charge is 0.297 e. The van der Waals surface area contributed by atoms with E-state index in [2.05, 4.69) is 21.1 Å². The fourth-order valence-corrected chi connectivity index (χ4v) is 4.44. The van der Waals surface area contributed by atoms with Crippen molar-refractivity contribution in [2.75, 3.05) is 19.6 Å². The zero-order valence-corrected chi connectivity index (χ0v) is 13.6. The van der Waals surface area contributed by atoms with Crippen molar-refractivity contribution in [1.29, 1.82) is 0 Å². The zero-order valence-electron chi connectivity index (χ0n) is 12.0. The molecule has 1 aromatic carbocycles. The van der Waals surface area contributed by atoms with E-state index < -0.39 is 15.8 Å². The molecule has 0 aliphatic carbocycles. The van der Waals surface area contributed by atoms with Crippen LogP contribution in [-0.4, -0.2) is 33.0 Å². The SMILES string of the molecule is O=S(=O)(NCCN1CCc2sccc2C1)c1ccc(F)cc1. The lowest BCUT2D eigenvalue weighted by Gasteiger charge is -2.26. The van der Waals surface area contributed by atoms with Gasteiger partial charge in [0.25, 0.3) is 0 Å². The van der Waals surface area contributed by atoms with E-state index in [0.29, 0.717) is 13.1 Å². The standard InChI is InChI=1S/C15H17FN2O2S2/c16-13-1-3-14(4-2-13)22(19,20)17-7-9-18-8-5-15-12(11-18)6-10-21-15/h1-4,6,10,17H,5,7-9,11H2. The van der Waals surface area contributed by atoms with Gasteiger partial charge >= 0.3 is 0 Å². The Morgan fingerprint density at radius 3 is 2.77 bits per heavy atom. The molecule has 0 saturated heterocycles. The summed E-state index contributed by atoms with van der Waals surface area (Å²) >= 11 is 1.79. The summed E-state index contributed by atoms with van der Waals surface area (Å²) in [5.41, 5.74) is 1.35. The number of nitrogens with zero attached hydrogens (tertiary/aromatic N) is 1. The van der Waals surface area contributed by atoms with Gasteiger partial charge in [0.15, 0.2) is 0 Å². The Morgan fingerprint density at radius 2 is 2.00 bits per heavy atom. The lowest BCUT2D eigenvalue weighted by molar-refractivity contribution is 0.260. The minimum Gasteiger partial charge on any atom is -0.297 e. The van der Waals surface area contributed by atoms with E-state index in [1.165, 1.54) is 22.6 Å². The van der Waals surface area contributed by atoms with Gasteiger partial charge in [-0.15, -0.1) is 11.3 Å². The van der Waals surface area contributed by atoms with Gasteiger partial charge < -0.3 is 0 Å². The van der Waals surface area contributed by atoms with Crippen LogP contribution < -0.4 is 4.72 Å². The molecule has 4 nitrogen and oxygen atoms in total. The van der Waals surface area contributed by atoms with Crippen molar-refractivity contribution in [2.45, 2.75) is 17.9 Å². The van der Waals surface area contributed by atoms with Crippen molar-refractivity contribution in [2.24, 2.45) is 0 Å². The lowest BCUT2D eigenvalue weighted by Crippen LogP contribution is -2.37. The number of halogens is 1. The molecule has 3 rings (SSSR count). The summed E-state index contributed by atoms with van der Waals surface area (Å²) in [4.78, 5) is 3.76. The number of rotatable bonds is 5. The summed E-state index contributed by atoms with van der Waals surface area (Å²) in [5.74, 6) is -0.446. The molecule has 1 aliphatic rings. The molecule has 118 valence electrons. The predicted molar refractivity (Wildman–Crippen MR) is 84.9 cm³/mol. The summed E-state index contributed by atoms with van der Waals surface area (Å²) < 4.78 is 39.6. The molecular weight excluding hydrogens is 323 g/mol. The summed E-state index contributed by atoms with van der Waals surface area (Å²) in [6.07, 6.45) is 1.03. The molecule has 22 heavy (non-hydrogen) atoms. The van der Waals surface area contributed by atoms with Crippen molar-refractivity contribution in [3.63, 3.8) is 0 Å². The Labute approximate surface area is 133 Å². The van der Waals surface area contributed by atoms with Gasteiger partial charge in [0.2, 0.25) is 10.0 Å². The van der Waals surface area contributed by atoms with Crippen molar-refractivity contribution in [3.8, 4) is 0 Å². The molecule has 2 aromatic rings. The van der Waals surface area contributed by atoms with Crippen LogP contribution in [0.2, 0.25) is 0 Å². The topological polar surface area (TPSA) is 49.4 Å². The Kier molecular flexibility index (Phi) is 4.58.